The number of rotatable bonds is 2. The Morgan fingerprint density at radius 3 is 2.93 bits per heavy atom. The van der Waals surface area contributed by atoms with Crippen molar-refractivity contribution < 1.29 is 0 Å². The summed E-state index contributed by atoms with van der Waals surface area (Å²) in [5, 5.41) is 7.00. The molecule has 0 aliphatic rings. The maximum atomic E-state index is 5.76. The van der Waals surface area contributed by atoms with E-state index >= 15 is 0 Å². The van der Waals surface area contributed by atoms with Gasteiger partial charge in [0.05, 0.1) is 11.4 Å². The first kappa shape index (κ1) is 8.87. The molecule has 0 spiro atoms. The lowest BCUT2D eigenvalue weighted by Crippen LogP contribution is -1.94. The fraction of sp³-hybridized carbons (Fsp3) is 0.300. The number of aryl methyl sites for hydroxylation is 1. The van der Waals surface area contributed by atoms with Gasteiger partial charge in [-0.1, -0.05) is 6.92 Å². The van der Waals surface area contributed by atoms with Gasteiger partial charge < -0.3 is 10.3 Å². The number of anilines is 1. The van der Waals surface area contributed by atoms with Gasteiger partial charge in [0.25, 0.3) is 0 Å². The van der Waals surface area contributed by atoms with Crippen molar-refractivity contribution in [3.63, 3.8) is 0 Å². The highest BCUT2D eigenvalue weighted by Crippen LogP contribution is 2.25. The van der Waals surface area contributed by atoms with Crippen molar-refractivity contribution in [1.29, 1.82) is 0 Å². The molecule has 3 N–H and O–H groups in total. The predicted molar refractivity (Wildman–Crippen MR) is 56.8 cm³/mol. The van der Waals surface area contributed by atoms with Gasteiger partial charge in [0.2, 0.25) is 0 Å². The summed E-state index contributed by atoms with van der Waals surface area (Å²) < 4.78 is 2.05. The highest BCUT2D eigenvalue weighted by Gasteiger charge is 2.12. The van der Waals surface area contributed by atoms with E-state index in [4.69, 9.17) is 5.73 Å². The molecule has 0 saturated carbocycles. The molecule has 2 heterocycles. The first-order valence-electron chi connectivity index (χ1n) is 4.68. The molecule has 0 bridgehead atoms. The molecular formula is C10H14N4. The van der Waals surface area contributed by atoms with Crippen LogP contribution in [-0.2, 0) is 13.5 Å². The van der Waals surface area contributed by atoms with Gasteiger partial charge in [-0.15, -0.1) is 0 Å². The molecule has 2 rings (SSSR count). The number of nitrogen functional groups attached to an aromatic ring is 1. The average molecular weight is 190 g/mol. The third-order valence-corrected chi connectivity index (χ3v) is 2.45. The lowest BCUT2D eigenvalue weighted by Gasteiger charge is -2.02. The maximum absolute atomic E-state index is 5.76. The SMILES string of the molecule is CCc1c(N)n[nH]c1-c1cccn1C. The topological polar surface area (TPSA) is 59.6 Å². The van der Waals surface area contributed by atoms with Gasteiger partial charge in [0.1, 0.15) is 5.82 Å². The second-order valence-electron chi connectivity index (χ2n) is 3.32. The summed E-state index contributed by atoms with van der Waals surface area (Å²) in [6.07, 6.45) is 2.90. The van der Waals surface area contributed by atoms with E-state index in [2.05, 4.69) is 17.1 Å². The largest absolute Gasteiger partial charge is 0.382 e. The summed E-state index contributed by atoms with van der Waals surface area (Å²) in [6, 6.07) is 4.05. The Morgan fingerprint density at radius 1 is 1.57 bits per heavy atom. The Bertz CT molecular complexity index is 439. The third kappa shape index (κ3) is 1.19. The fourth-order valence-electron chi connectivity index (χ4n) is 1.67. The van der Waals surface area contributed by atoms with Crippen molar-refractivity contribution in [1.82, 2.24) is 14.8 Å². The van der Waals surface area contributed by atoms with Crippen molar-refractivity contribution in [2.45, 2.75) is 13.3 Å². The number of nitrogens with one attached hydrogen (secondary N) is 1. The molecule has 4 heteroatoms. The molecule has 0 aliphatic heterocycles. The van der Waals surface area contributed by atoms with Gasteiger partial charge >= 0.3 is 0 Å². The number of aromatic amines is 1. The zero-order chi connectivity index (χ0) is 10.1. The molecule has 0 aromatic carbocycles. The van der Waals surface area contributed by atoms with Crippen LogP contribution in [0, 0.1) is 0 Å². The zero-order valence-corrected chi connectivity index (χ0v) is 8.41. The summed E-state index contributed by atoms with van der Waals surface area (Å²) in [6.45, 7) is 2.08. The van der Waals surface area contributed by atoms with Crippen LogP contribution in [0.25, 0.3) is 11.4 Å². The van der Waals surface area contributed by atoms with Crippen molar-refractivity contribution in [2.24, 2.45) is 7.05 Å². The normalized spacial score (nSPS) is 10.7. The molecule has 2 aromatic rings. The van der Waals surface area contributed by atoms with Crippen LogP contribution in [-0.4, -0.2) is 14.8 Å². The van der Waals surface area contributed by atoms with Crippen LogP contribution >= 0.6 is 0 Å². The molecule has 0 saturated heterocycles. The van der Waals surface area contributed by atoms with E-state index in [9.17, 15) is 0 Å². The second-order valence-corrected chi connectivity index (χ2v) is 3.32. The Balaban J connectivity index is 2.57. The standard InChI is InChI=1S/C10H14N4/c1-3-7-9(12-13-10(7)11)8-5-4-6-14(8)2/h4-6H,3H2,1-2H3,(H3,11,12,13). The smallest absolute Gasteiger partial charge is 0.149 e. The Labute approximate surface area is 82.7 Å². The monoisotopic (exact) mass is 190 g/mol. The minimum atomic E-state index is 0.601. The highest BCUT2D eigenvalue weighted by molar-refractivity contribution is 5.65. The zero-order valence-electron chi connectivity index (χ0n) is 8.41. The first-order valence-corrected chi connectivity index (χ1v) is 4.68. The fourth-order valence-corrected chi connectivity index (χ4v) is 1.67. The van der Waals surface area contributed by atoms with Crippen molar-refractivity contribution in [3.05, 3.63) is 23.9 Å². The third-order valence-electron chi connectivity index (χ3n) is 2.45. The lowest BCUT2D eigenvalue weighted by molar-refractivity contribution is 0.924. The minimum Gasteiger partial charge on any atom is -0.382 e. The van der Waals surface area contributed by atoms with Crippen LogP contribution < -0.4 is 5.73 Å². The van der Waals surface area contributed by atoms with E-state index in [0.29, 0.717) is 5.82 Å². The summed E-state index contributed by atoms with van der Waals surface area (Å²) in [5.41, 5.74) is 8.99. The van der Waals surface area contributed by atoms with Crippen LogP contribution in [0.4, 0.5) is 5.82 Å². The molecule has 0 radical (unpaired) electrons. The van der Waals surface area contributed by atoms with Gasteiger partial charge in [-0.2, -0.15) is 5.10 Å². The van der Waals surface area contributed by atoms with Gasteiger partial charge in [-0.05, 0) is 18.6 Å². The van der Waals surface area contributed by atoms with E-state index in [0.717, 1.165) is 23.4 Å². The Morgan fingerprint density at radius 2 is 2.36 bits per heavy atom. The van der Waals surface area contributed by atoms with Crippen molar-refractivity contribution in [2.75, 3.05) is 5.73 Å². The molecule has 0 aliphatic carbocycles. The second kappa shape index (κ2) is 3.21. The van der Waals surface area contributed by atoms with E-state index in [1.165, 1.54) is 0 Å². The molecule has 4 nitrogen and oxygen atoms in total. The van der Waals surface area contributed by atoms with E-state index in [-0.39, 0.29) is 0 Å². The first-order chi connectivity index (χ1) is 6.74. The summed E-state index contributed by atoms with van der Waals surface area (Å²) in [7, 11) is 2.01. The quantitative estimate of drug-likeness (QED) is 0.755. The Kier molecular flexibility index (Phi) is 2.04. The van der Waals surface area contributed by atoms with Crippen LogP contribution in [0.15, 0.2) is 18.3 Å². The van der Waals surface area contributed by atoms with Gasteiger partial charge in [-0.3, -0.25) is 5.10 Å². The molecule has 14 heavy (non-hydrogen) atoms. The molecule has 74 valence electrons. The number of nitrogens with two attached hydrogens (primary N) is 1. The van der Waals surface area contributed by atoms with E-state index in [1.807, 2.05) is 29.9 Å². The van der Waals surface area contributed by atoms with Crippen LogP contribution in [0.3, 0.4) is 0 Å². The average Bonchev–Trinajstić information content (AvgIpc) is 2.71. The van der Waals surface area contributed by atoms with Crippen LogP contribution in [0.1, 0.15) is 12.5 Å². The van der Waals surface area contributed by atoms with E-state index in [1.54, 1.807) is 0 Å². The van der Waals surface area contributed by atoms with Crippen molar-refractivity contribution in [3.8, 4) is 11.4 Å². The minimum absolute atomic E-state index is 0.601. The molecule has 2 aromatic heterocycles. The molecule has 0 unspecified atom stereocenters. The number of nitrogens with zero attached hydrogens (tertiary/aromatic N) is 2. The molecule has 0 atom stereocenters. The summed E-state index contributed by atoms with van der Waals surface area (Å²) in [4.78, 5) is 0. The lowest BCUT2D eigenvalue weighted by atomic mass is 10.1. The molecule has 0 amide bonds. The number of H-pyrrole nitrogens is 1. The van der Waals surface area contributed by atoms with Gasteiger partial charge in [-0.25, -0.2) is 0 Å². The highest BCUT2D eigenvalue weighted by atomic mass is 15.2. The van der Waals surface area contributed by atoms with Crippen LogP contribution in [0.2, 0.25) is 0 Å². The maximum Gasteiger partial charge on any atom is 0.149 e. The van der Waals surface area contributed by atoms with E-state index < -0.39 is 0 Å². The van der Waals surface area contributed by atoms with Crippen LogP contribution in [0.5, 0.6) is 0 Å². The van der Waals surface area contributed by atoms with Crippen molar-refractivity contribution >= 4 is 5.82 Å². The molecular weight excluding hydrogens is 176 g/mol. The number of hydrogen-bond acceptors (Lipinski definition) is 2. The number of aromatic nitrogens is 3. The number of hydrogen-bond donors (Lipinski definition) is 2. The predicted octanol–water partition coefficient (Wildman–Crippen LogP) is 1.56. The van der Waals surface area contributed by atoms with Gasteiger partial charge in [0, 0.05) is 18.8 Å². The summed E-state index contributed by atoms with van der Waals surface area (Å²) >= 11 is 0. The summed E-state index contributed by atoms with van der Waals surface area (Å²) in [5.74, 6) is 0.601. The molecule has 0 fully saturated rings. The van der Waals surface area contributed by atoms with Gasteiger partial charge in [0.15, 0.2) is 0 Å². The Hall–Kier alpha value is -1.71.